The molecular formula is C15H22N2O3. The van der Waals surface area contributed by atoms with Crippen LogP contribution in [0, 0.1) is 0 Å². The highest BCUT2D eigenvalue weighted by Crippen LogP contribution is 2.34. The van der Waals surface area contributed by atoms with Crippen molar-refractivity contribution in [2.24, 2.45) is 0 Å². The van der Waals surface area contributed by atoms with E-state index < -0.39 is 0 Å². The molecule has 1 aromatic carbocycles. The van der Waals surface area contributed by atoms with Crippen LogP contribution < -0.4 is 20.1 Å². The minimum absolute atomic E-state index is 0.0511. The molecule has 1 aromatic rings. The Labute approximate surface area is 119 Å². The summed E-state index contributed by atoms with van der Waals surface area (Å²) in [6.07, 6.45) is 1.82. The van der Waals surface area contributed by atoms with E-state index in [2.05, 4.69) is 16.7 Å². The summed E-state index contributed by atoms with van der Waals surface area (Å²) < 4.78 is 10.6. The third-order valence-corrected chi connectivity index (χ3v) is 3.85. The van der Waals surface area contributed by atoms with Gasteiger partial charge in [-0.15, -0.1) is 0 Å². The summed E-state index contributed by atoms with van der Waals surface area (Å²) >= 11 is 0. The number of ether oxygens (including phenoxy) is 2. The number of hydrogen-bond acceptors (Lipinski definition) is 4. The van der Waals surface area contributed by atoms with Crippen molar-refractivity contribution in [2.45, 2.75) is 24.8 Å². The summed E-state index contributed by atoms with van der Waals surface area (Å²) in [5.74, 6) is 1.88. The molecule has 0 spiro atoms. The van der Waals surface area contributed by atoms with Crippen molar-refractivity contribution in [3.05, 3.63) is 23.8 Å². The number of methoxy groups -OCH3 is 2. The average molecular weight is 278 g/mol. The summed E-state index contributed by atoms with van der Waals surface area (Å²) in [5.41, 5.74) is 1.19. The van der Waals surface area contributed by atoms with Gasteiger partial charge in [0.05, 0.1) is 20.3 Å². The number of carbonyl (C=O) groups excluding carboxylic acids is 1. The normalized spacial score (nSPS) is 22.1. The maximum atomic E-state index is 11.7. The van der Waals surface area contributed by atoms with Gasteiger partial charge in [-0.2, -0.15) is 0 Å². The smallest absolute Gasteiger partial charge is 0.236 e. The first-order chi connectivity index (χ1) is 9.69. The highest BCUT2D eigenvalue weighted by molar-refractivity contribution is 5.81. The Morgan fingerprint density at radius 3 is 2.70 bits per heavy atom. The average Bonchev–Trinajstić information content (AvgIpc) is 2.53. The molecule has 2 rings (SSSR count). The number of carbonyl (C=O) groups is 1. The van der Waals surface area contributed by atoms with Crippen LogP contribution in [-0.2, 0) is 4.79 Å². The standard InChI is InChI=1S/C15H22N2O3/c1-16-15(18)12-8-11(6-7-17-12)10-4-5-13(19-2)14(9-10)20-3/h4-5,9,11-12,17H,6-8H2,1-3H3,(H,16,18). The number of likely N-dealkylation sites (N-methyl/N-ethyl adjacent to an activating group) is 1. The molecule has 1 saturated heterocycles. The minimum atomic E-state index is -0.119. The van der Waals surface area contributed by atoms with Crippen molar-refractivity contribution in [1.29, 1.82) is 0 Å². The van der Waals surface area contributed by atoms with Crippen LogP contribution in [0.3, 0.4) is 0 Å². The predicted octanol–water partition coefficient (Wildman–Crippen LogP) is 1.29. The molecule has 0 aliphatic carbocycles. The van der Waals surface area contributed by atoms with Crippen LogP contribution >= 0.6 is 0 Å². The molecule has 0 saturated carbocycles. The number of nitrogens with one attached hydrogen (secondary N) is 2. The van der Waals surface area contributed by atoms with Gasteiger partial charge in [0.2, 0.25) is 5.91 Å². The van der Waals surface area contributed by atoms with Gasteiger partial charge in [-0.3, -0.25) is 4.79 Å². The predicted molar refractivity (Wildman–Crippen MR) is 77.4 cm³/mol. The van der Waals surface area contributed by atoms with Crippen LogP contribution in [0.2, 0.25) is 0 Å². The quantitative estimate of drug-likeness (QED) is 0.871. The van der Waals surface area contributed by atoms with Gasteiger partial charge in [-0.1, -0.05) is 6.07 Å². The first-order valence-electron chi connectivity index (χ1n) is 6.86. The van der Waals surface area contributed by atoms with E-state index in [0.717, 1.165) is 30.9 Å². The molecule has 1 heterocycles. The van der Waals surface area contributed by atoms with Gasteiger partial charge in [0.15, 0.2) is 11.5 Å². The largest absolute Gasteiger partial charge is 0.493 e. The lowest BCUT2D eigenvalue weighted by atomic mass is 9.86. The van der Waals surface area contributed by atoms with Crippen molar-refractivity contribution < 1.29 is 14.3 Å². The fourth-order valence-electron chi connectivity index (χ4n) is 2.70. The molecule has 5 heteroatoms. The fourth-order valence-corrected chi connectivity index (χ4v) is 2.70. The SMILES string of the molecule is CNC(=O)C1CC(c2ccc(OC)c(OC)c2)CCN1. The maximum absolute atomic E-state index is 11.7. The van der Waals surface area contributed by atoms with Gasteiger partial charge in [-0.05, 0) is 43.0 Å². The topological polar surface area (TPSA) is 59.6 Å². The van der Waals surface area contributed by atoms with Crippen LogP contribution in [0.4, 0.5) is 0 Å². The Kier molecular flexibility index (Phi) is 4.84. The molecule has 2 N–H and O–H groups in total. The van der Waals surface area contributed by atoms with Gasteiger partial charge in [0, 0.05) is 7.05 Å². The third kappa shape index (κ3) is 3.04. The minimum Gasteiger partial charge on any atom is -0.493 e. The first kappa shape index (κ1) is 14.7. The van der Waals surface area contributed by atoms with E-state index in [1.807, 2.05) is 12.1 Å². The van der Waals surface area contributed by atoms with E-state index in [0.29, 0.717) is 5.92 Å². The second-order valence-corrected chi connectivity index (χ2v) is 4.96. The molecular weight excluding hydrogens is 256 g/mol. The van der Waals surface area contributed by atoms with E-state index in [-0.39, 0.29) is 11.9 Å². The van der Waals surface area contributed by atoms with Crippen molar-refractivity contribution >= 4 is 5.91 Å². The van der Waals surface area contributed by atoms with E-state index in [1.165, 1.54) is 5.56 Å². The second kappa shape index (κ2) is 6.61. The Balaban J connectivity index is 2.16. The lowest BCUT2D eigenvalue weighted by Gasteiger charge is -2.29. The van der Waals surface area contributed by atoms with Crippen molar-refractivity contribution in [2.75, 3.05) is 27.8 Å². The molecule has 20 heavy (non-hydrogen) atoms. The number of benzene rings is 1. The summed E-state index contributed by atoms with van der Waals surface area (Å²) in [5, 5.41) is 5.95. The summed E-state index contributed by atoms with van der Waals surface area (Å²) in [4.78, 5) is 11.7. The van der Waals surface area contributed by atoms with E-state index in [9.17, 15) is 4.79 Å². The Morgan fingerprint density at radius 2 is 2.05 bits per heavy atom. The first-order valence-corrected chi connectivity index (χ1v) is 6.86. The number of rotatable bonds is 4. The van der Waals surface area contributed by atoms with E-state index >= 15 is 0 Å². The molecule has 0 aromatic heterocycles. The number of hydrogen-bond donors (Lipinski definition) is 2. The Bertz CT molecular complexity index is 476. The zero-order chi connectivity index (χ0) is 14.5. The number of amides is 1. The lowest BCUT2D eigenvalue weighted by molar-refractivity contribution is -0.123. The van der Waals surface area contributed by atoms with Gasteiger partial charge >= 0.3 is 0 Å². The molecule has 1 aliphatic rings. The molecule has 0 bridgehead atoms. The lowest BCUT2D eigenvalue weighted by Crippen LogP contribution is -2.47. The third-order valence-electron chi connectivity index (χ3n) is 3.85. The highest BCUT2D eigenvalue weighted by Gasteiger charge is 2.27. The van der Waals surface area contributed by atoms with Crippen molar-refractivity contribution in [3.63, 3.8) is 0 Å². The second-order valence-electron chi connectivity index (χ2n) is 4.96. The van der Waals surface area contributed by atoms with Crippen LogP contribution in [0.15, 0.2) is 18.2 Å². The number of piperidine rings is 1. The fraction of sp³-hybridized carbons (Fsp3) is 0.533. The summed E-state index contributed by atoms with van der Waals surface area (Å²) in [6.45, 7) is 0.844. The van der Waals surface area contributed by atoms with Crippen LogP contribution in [-0.4, -0.2) is 39.8 Å². The molecule has 1 fully saturated rings. The zero-order valence-electron chi connectivity index (χ0n) is 12.2. The molecule has 2 atom stereocenters. The summed E-state index contributed by atoms with van der Waals surface area (Å²) in [6, 6.07) is 5.87. The van der Waals surface area contributed by atoms with Crippen molar-refractivity contribution in [3.8, 4) is 11.5 Å². The van der Waals surface area contributed by atoms with Crippen molar-refractivity contribution in [1.82, 2.24) is 10.6 Å². The van der Waals surface area contributed by atoms with E-state index in [4.69, 9.17) is 9.47 Å². The van der Waals surface area contributed by atoms with Gasteiger partial charge in [0.1, 0.15) is 0 Å². The molecule has 1 aliphatic heterocycles. The molecule has 1 amide bonds. The molecule has 5 nitrogen and oxygen atoms in total. The van der Waals surface area contributed by atoms with Crippen LogP contribution in [0.25, 0.3) is 0 Å². The molecule has 110 valence electrons. The zero-order valence-corrected chi connectivity index (χ0v) is 12.2. The maximum Gasteiger partial charge on any atom is 0.236 e. The van der Waals surface area contributed by atoms with E-state index in [1.54, 1.807) is 21.3 Å². The summed E-state index contributed by atoms with van der Waals surface area (Å²) in [7, 11) is 4.94. The monoisotopic (exact) mass is 278 g/mol. The van der Waals surface area contributed by atoms with Crippen LogP contribution in [0.1, 0.15) is 24.3 Å². The Morgan fingerprint density at radius 1 is 1.30 bits per heavy atom. The molecule has 2 unspecified atom stereocenters. The molecule has 0 radical (unpaired) electrons. The van der Waals surface area contributed by atoms with Crippen LogP contribution in [0.5, 0.6) is 11.5 Å². The van der Waals surface area contributed by atoms with Gasteiger partial charge < -0.3 is 20.1 Å². The van der Waals surface area contributed by atoms with Gasteiger partial charge in [-0.25, -0.2) is 0 Å². The Hall–Kier alpha value is -1.75. The highest BCUT2D eigenvalue weighted by atomic mass is 16.5. The van der Waals surface area contributed by atoms with Gasteiger partial charge in [0.25, 0.3) is 0 Å².